The van der Waals surface area contributed by atoms with E-state index in [1.807, 2.05) is 27.7 Å². The summed E-state index contributed by atoms with van der Waals surface area (Å²) in [6.07, 6.45) is -5.39. The molecule has 1 aromatic rings. The lowest BCUT2D eigenvalue weighted by Crippen LogP contribution is -2.47. The fourth-order valence-corrected chi connectivity index (χ4v) is 3.70. The number of rotatable bonds is 3. The van der Waals surface area contributed by atoms with E-state index in [2.05, 4.69) is 0 Å². The Labute approximate surface area is 172 Å². The molecular weight excluding hydrogens is 408 g/mol. The number of nitrogens with zero attached hydrogens (tertiary/aromatic N) is 1. The van der Waals surface area contributed by atoms with Gasteiger partial charge in [-0.3, -0.25) is 4.79 Å². The molecule has 0 aliphatic carbocycles. The van der Waals surface area contributed by atoms with Crippen LogP contribution in [-0.2, 0) is 20.0 Å². The van der Waals surface area contributed by atoms with Crippen molar-refractivity contribution in [3.8, 4) is 0 Å². The van der Waals surface area contributed by atoms with Gasteiger partial charge in [0.05, 0.1) is 11.2 Å². The molecule has 0 radical (unpaired) electrons. The number of amides is 1. The molecule has 0 spiro atoms. The van der Waals surface area contributed by atoms with Crippen LogP contribution in [0.2, 0.25) is 0 Å². The first-order valence-corrected chi connectivity index (χ1v) is 9.85. The largest absolute Gasteiger partial charge is 0.494 e. The minimum absolute atomic E-state index is 0.201. The summed E-state index contributed by atoms with van der Waals surface area (Å²) in [5, 5.41) is 0. The van der Waals surface area contributed by atoms with Crippen LogP contribution >= 0.6 is 0 Å². The highest BCUT2D eigenvalue weighted by molar-refractivity contribution is 6.62. The van der Waals surface area contributed by atoms with Gasteiger partial charge in [-0.1, -0.05) is 24.3 Å². The number of hydrogen-bond donors (Lipinski definition) is 0. The SMILES string of the molecule is CC1(C)OB(c2ccc(C(F)(F)C3CCN(C(=O)C(F)(F)F)CC3)cc2)OC1(C)C. The maximum absolute atomic E-state index is 15.0. The van der Waals surface area contributed by atoms with Crippen LogP contribution in [-0.4, -0.2) is 48.4 Å². The second-order valence-electron chi connectivity index (χ2n) is 8.90. The molecule has 2 aliphatic rings. The molecule has 3 rings (SSSR count). The molecule has 0 aromatic heterocycles. The second-order valence-corrected chi connectivity index (χ2v) is 8.90. The van der Waals surface area contributed by atoms with E-state index in [0.717, 1.165) is 0 Å². The molecule has 30 heavy (non-hydrogen) atoms. The van der Waals surface area contributed by atoms with Crippen LogP contribution < -0.4 is 5.46 Å². The molecule has 0 bridgehead atoms. The standard InChI is InChI=1S/C20H25BF5NO3/c1-17(2)18(3,4)30-21(29-17)15-7-5-13(6-8-15)19(22,23)14-9-11-27(12-10-14)16(28)20(24,25)26/h5-8,14H,9-12H2,1-4H3. The molecule has 166 valence electrons. The molecule has 0 atom stereocenters. The van der Waals surface area contributed by atoms with Gasteiger partial charge in [-0.25, -0.2) is 8.78 Å². The third kappa shape index (κ3) is 4.21. The first-order chi connectivity index (χ1) is 13.6. The van der Waals surface area contributed by atoms with Crippen LogP contribution in [0, 0.1) is 5.92 Å². The van der Waals surface area contributed by atoms with Gasteiger partial charge in [0.25, 0.3) is 5.92 Å². The van der Waals surface area contributed by atoms with Gasteiger partial charge in [0.2, 0.25) is 0 Å². The van der Waals surface area contributed by atoms with Crippen LogP contribution in [0.1, 0.15) is 46.1 Å². The molecule has 4 nitrogen and oxygen atoms in total. The first kappa shape index (κ1) is 23.0. The van der Waals surface area contributed by atoms with Gasteiger partial charge in [0, 0.05) is 24.6 Å². The van der Waals surface area contributed by atoms with Crippen LogP contribution in [0.25, 0.3) is 0 Å². The number of likely N-dealkylation sites (tertiary alicyclic amines) is 1. The van der Waals surface area contributed by atoms with Gasteiger partial charge in [-0.05, 0) is 46.0 Å². The number of alkyl halides is 5. The first-order valence-electron chi connectivity index (χ1n) is 9.85. The van der Waals surface area contributed by atoms with E-state index < -0.39 is 42.2 Å². The molecular formula is C20H25BF5NO3. The van der Waals surface area contributed by atoms with Crippen molar-refractivity contribution in [1.29, 1.82) is 0 Å². The van der Waals surface area contributed by atoms with E-state index in [4.69, 9.17) is 9.31 Å². The van der Waals surface area contributed by atoms with Gasteiger partial charge >= 0.3 is 19.2 Å². The van der Waals surface area contributed by atoms with Crippen LogP contribution in [0.15, 0.2) is 24.3 Å². The summed E-state index contributed by atoms with van der Waals surface area (Å²) >= 11 is 0. The normalized spacial score (nSPS) is 22.4. The van der Waals surface area contributed by atoms with Gasteiger partial charge in [-0.2, -0.15) is 13.2 Å². The highest BCUT2D eigenvalue weighted by Gasteiger charge is 2.52. The monoisotopic (exact) mass is 433 g/mol. The van der Waals surface area contributed by atoms with E-state index in [9.17, 15) is 26.7 Å². The van der Waals surface area contributed by atoms with E-state index in [0.29, 0.717) is 10.4 Å². The highest BCUT2D eigenvalue weighted by atomic mass is 19.4. The average Bonchev–Trinajstić information content (AvgIpc) is 2.88. The fraction of sp³-hybridized carbons (Fsp3) is 0.650. The Kier molecular flexibility index (Phi) is 5.73. The number of carbonyl (C=O) groups excluding carboxylic acids is 1. The van der Waals surface area contributed by atoms with E-state index in [-0.39, 0.29) is 31.5 Å². The Morgan fingerprint density at radius 3 is 1.87 bits per heavy atom. The van der Waals surface area contributed by atoms with Gasteiger partial charge in [0.15, 0.2) is 0 Å². The lowest BCUT2D eigenvalue weighted by Gasteiger charge is -2.36. The summed E-state index contributed by atoms with van der Waals surface area (Å²) in [6, 6.07) is 5.64. The molecule has 0 N–H and O–H groups in total. The number of benzene rings is 1. The number of hydrogen-bond acceptors (Lipinski definition) is 3. The lowest BCUT2D eigenvalue weighted by molar-refractivity contribution is -0.188. The summed E-state index contributed by atoms with van der Waals surface area (Å²) in [4.78, 5) is 11.9. The van der Waals surface area contributed by atoms with Gasteiger partial charge < -0.3 is 14.2 Å². The maximum Gasteiger partial charge on any atom is 0.494 e. The zero-order chi connectivity index (χ0) is 22.5. The van der Waals surface area contributed by atoms with Crippen LogP contribution in [0.5, 0.6) is 0 Å². The highest BCUT2D eigenvalue weighted by Crippen LogP contribution is 2.42. The van der Waals surface area contributed by atoms with Crippen molar-refractivity contribution in [2.45, 2.75) is 63.8 Å². The molecule has 10 heteroatoms. The predicted molar refractivity (Wildman–Crippen MR) is 101 cm³/mol. The quantitative estimate of drug-likeness (QED) is 0.537. The molecule has 1 aromatic carbocycles. The Bertz CT molecular complexity index is 771. The van der Waals surface area contributed by atoms with Crippen molar-refractivity contribution < 1.29 is 36.1 Å². The minimum atomic E-state index is -4.99. The maximum atomic E-state index is 15.0. The molecule has 2 saturated heterocycles. The minimum Gasteiger partial charge on any atom is -0.399 e. The van der Waals surface area contributed by atoms with Crippen molar-refractivity contribution in [2.75, 3.05) is 13.1 Å². The summed E-state index contributed by atoms with van der Waals surface area (Å²) in [5.41, 5.74) is -0.716. The van der Waals surface area contributed by atoms with Crippen molar-refractivity contribution in [1.82, 2.24) is 4.90 Å². The molecule has 1 amide bonds. The topological polar surface area (TPSA) is 38.8 Å². The van der Waals surface area contributed by atoms with Crippen molar-refractivity contribution >= 4 is 18.5 Å². The Hall–Kier alpha value is -1.68. The smallest absolute Gasteiger partial charge is 0.399 e. The summed E-state index contributed by atoms with van der Waals surface area (Å²) in [7, 11) is -0.672. The number of carbonyl (C=O) groups is 1. The Morgan fingerprint density at radius 1 is 0.967 bits per heavy atom. The summed E-state index contributed by atoms with van der Waals surface area (Å²) in [6.45, 7) is 6.89. The van der Waals surface area contributed by atoms with Crippen LogP contribution in [0.4, 0.5) is 22.0 Å². The predicted octanol–water partition coefficient (Wildman–Crippen LogP) is 3.88. The zero-order valence-corrected chi connectivity index (χ0v) is 17.4. The van der Waals surface area contributed by atoms with Gasteiger partial charge in [-0.15, -0.1) is 0 Å². The molecule has 2 aliphatic heterocycles. The summed E-state index contributed by atoms with van der Waals surface area (Å²) < 4.78 is 79.4. The fourth-order valence-electron chi connectivity index (χ4n) is 3.70. The summed E-state index contributed by atoms with van der Waals surface area (Å²) in [5.74, 6) is -6.34. The Balaban J connectivity index is 1.67. The van der Waals surface area contributed by atoms with Crippen molar-refractivity contribution in [3.63, 3.8) is 0 Å². The second kappa shape index (κ2) is 7.48. The zero-order valence-electron chi connectivity index (χ0n) is 17.4. The molecule has 2 fully saturated rings. The van der Waals surface area contributed by atoms with Gasteiger partial charge in [0.1, 0.15) is 0 Å². The average molecular weight is 433 g/mol. The van der Waals surface area contributed by atoms with E-state index >= 15 is 0 Å². The van der Waals surface area contributed by atoms with E-state index in [1.54, 1.807) is 0 Å². The Morgan fingerprint density at radius 2 is 1.43 bits per heavy atom. The molecule has 0 saturated carbocycles. The molecule has 0 unspecified atom stereocenters. The third-order valence-corrected chi connectivity index (χ3v) is 6.36. The third-order valence-electron chi connectivity index (χ3n) is 6.36. The number of halogens is 5. The lowest BCUT2D eigenvalue weighted by atomic mass is 9.77. The van der Waals surface area contributed by atoms with Crippen molar-refractivity contribution in [2.24, 2.45) is 5.92 Å². The van der Waals surface area contributed by atoms with E-state index in [1.165, 1.54) is 24.3 Å². The van der Waals surface area contributed by atoms with Crippen LogP contribution in [0.3, 0.4) is 0 Å². The van der Waals surface area contributed by atoms with Crippen molar-refractivity contribution in [3.05, 3.63) is 29.8 Å². The molecule has 2 heterocycles. The number of piperidine rings is 1.